The summed E-state index contributed by atoms with van der Waals surface area (Å²) < 4.78 is 40.4. The maximum absolute atomic E-state index is 13.5. The summed E-state index contributed by atoms with van der Waals surface area (Å²) in [5.41, 5.74) is 2.18. The van der Waals surface area contributed by atoms with Gasteiger partial charge in [0.25, 0.3) is 5.91 Å². The lowest BCUT2D eigenvalue weighted by Crippen LogP contribution is -2.42. The zero-order valence-electron chi connectivity index (χ0n) is 14.3. The van der Waals surface area contributed by atoms with E-state index in [0.29, 0.717) is 22.4 Å². The number of aliphatic imine (C=N–C) groups is 1. The van der Waals surface area contributed by atoms with Gasteiger partial charge < -0.3 is 0 Å². The van der Waals surface area contributed by atoms with Crippen molar-refractivity contribution in [1.82, 2.24) is 4.90 Å². The summed E-state index contributed by atoms with van der Waals surface area (Å²) in [7, 11) is 0. The highest BCUT2D eigenvalue weighted by Gasteiger charge is 2.41. The average molecular weight is 348 g/mol. The molecular formula is C19H19F3N2O. The van der Waals surface area contributed by atoms with E-state index in [0.717, 1.165) is 0 Å². The molecule has 0 unspecified atom stereocenters. The molecule has 1 amide bonds. The van der Waals surface area contributed by atoms with E-state index in [9.17, 15) is 18.0 Å². The van der Waals surface area contributed by atoms with Crippen LogP contribution in [-0.4, -0.2) is 23.3 Å². The normalized spacial score (nSPS) is 11.8. The summed E-state index contributed by atoms with van der Waals surface area (Å²) in [6.45, 7) is 4.54. The van der Waals surface area contributed by atoms with Gasteiger partial charge in [-0.25, -0.2) is 4.90 Å². The Labute approximate surface area is 144 Å². The number of carbonyl (C=O) groups excluding carboxylic acids is 1. The average Bonchev–Trinajstić information content (AvgIpc) is 2.55. The topological polar surface area (TPSA) is 32.7 Å². The largest absolute Gasteiger partial charge is 0.487 e. The summed E-state index contributed by atoms with van der Waals surface area (Å²) >= 11 is 0. The van der Waals surface area contributed by atoms with Crippen molar-refractivity contribution in [2.75, 3.05) is 0 Å². The van der Waals surface area contributed by atoms with Gasteiger partial charge in [-0.1, -0.05) is 30.3 Å². The summed E-state index contributed by atoms with van der Waals surface area (Å²) in [5, 5.41) is 0. The quantitative estimate of drug-likeness (QED) is 0.553. The Morgan fingerprint density at radius 1 is 1.12 bits per heavy atom. The molecule has 25 heavy (non-hydrogen) atoms. The van der Waals surface area contributed by atoms with Crippen molar-refractivity contribution in [1.29, 1.82) is 0 Å². The lowest BCUT2D eigenvalue weighted by molar-refractivity contribution is -0.227. The van der Waals surface area contributed by atoms with Crippen LogP contribution in [0.4, 0.5) is 18.9 Å². The Balaban J connectivity index is 2.42. The molecule has 6 heteroatoms. The van der Waals surface area contributed by atoms with Crippen molar-refractivity contribution in [2.45, 2.75) is 33.6 Å². The van der Waals surface area contributed by atoms with Gasteiger partial charge in [0.05, 0.1) is 12.2 Å². The van der Waals surface area contributed by atoms with Crippen molar-refractivity contribution < 1.29 is 18.0 Å². The fraction of sp³-hybridized carbons (Fsp3) is 0.263. The van der Waals surface area contributed by atoms with Gasteiger partial charge in [-0.15, -0.1) is 13.2 Å². The third-order valence-electron chi connectivity index (χ3n) is 3.78. The second-order valence-electron chi connectivity index (χ2n) is 5.69. The van der Waals surface area contributed by atoms with Crippen LogP contribution in [0.1, 0.15) is 34.0 Å². The number of carbonyl (C=O) groups is 1. The number of halogens is 3. The summed E-state index contributed by atoms with van der Waals surface area (Å²) in [6.07, 6.45) is -3.17. The van der Waals surface area contributed by atoms with E-state index in [1.54, 1.807) is 63.4 Å². The molecule has 0 N–H and O–H groups in total. The number of rotatable bonds is 4. The van der Waals surface area contributed by atoms with Gasteiger partial charge in [0.2, 0.25) is 0 Å². The first-order chi connectivity index (χ1) is 11.7. The van der Waals surface area contributed by atoms with Crippen LogP contribution in [0.5, 0.6) is 0 Å². The maximum atomic E-state index is 13.5. The van der Waals surface area contributed by atoms with Crippen LogP contribution >= 0.6 is 0 Å². The second-order valence-corrected chi connectivity index (χ2v) is 5.69. The highest BCUT2D eigenvalue weighted by Crippen LogP contribution is 2.29. The number of alkyl halides is 3. The highest BCUT2D eigenvalue weighted by molar-refractivity contribution is 5.96. The Hall–Kier alpha value is -2.63. The molecule has 3 nitrogen and oxygen atoms in total. The van der Waals surface area contributed by atoms with Gasteiger partial charge in [-0.05, 0) is 49.6 Å². The zero-order valence-corrected chi connectivity index (χ0v) is 14.3. The van der Waals surface area contributed by atoms with Gasteiger partial charge in [-0.2, -0.15) is 0 Å². The Kier molecular flexibility index (Phi) is 5.62. The molecule has 2 aromatic rings. The molecule has 0 aliphatic heterocycles. The van der Waals surface area contributed by atoms with Crippen LogP contribution in [0.15, 0.2) is 47.5 Å². The first kappa shape index (κ1) is 18.7. The van der Waals surface area contributed by atoms with Crippen LogP contribution < -0.4 is 0 Å². The maximum Gasteiger partial charge on any atom is 0.487 e. The van der Waals surface area contributed by atoms with Crippen LogP contribution in [0.2, 0.25) is 0 Å². The molecule has 0 atom stereocenters. The minimum atomic E-state index is -4.77. The molecule has 0 heterocycles. The lowest BCUT2D eigenvalue weighted by atomic mass is 10.0. The third-order valence-corrected chi connectivity index (χ3v) is 3.78. The molecule has 0 fully saturated rings. The summed E-state index contributed by atoms with van der Waals surface area (Å²) in [6, 6.07) is 11.2. The van der Waals surface area contributed by atoms with E-state index >= 15 is 0 Å². The number of amides is 1. The predicted octanol–water partition coefficient (Wildman–Crippen LogP) is 5.19. The molecule has 0 saturated carbocycles. The van der Waals surface area contributed by atoms with Crippen LogP contribution in [-0.2, 0) is 6.54 Å². The number of benzene rings is 2. The fourth-order valence-corrected chi connectivity index (χ4v) is 2.50. The van der Waals surface area contributed by atoms with Gasteiger partial charge in [0.15, 0.2) is 0 Å². The van der Waals surface area contributed by atoms with E-state index in [1.807, 2.05) is 0 Å². The fourth-order valence-electron chi connectivity index (χ4n) is 2.50. The van der Waals surface area contributed by atoms with E-state index in [-0.39, 0.29) is 10.5 Å². The lowest BCUT2D eigenvalue weighted by Gasteiger charge is -2.26. The van der Waals surface area contributed by atoms with Gasteiger partial charge >= 0.3 is 6.30 Å². The Morgan fingerprint density at radius 2 is 1.76 bits per heavy atom. The second kappa shape index (κ2) is 7.51. The van der Waals surface area contributed by atoms with Crippen LogP contribution in [0.3, 0.4) is 0 Å². The van der Waals surface area contributed by atoms with E-state index in [4.69, 9.17) is 0 Å². The zero-order chi connectivity index (χ0) is 18.6. The molecule has 2 rings (SSSR count). The van der Waals surface area contributed by atoms with Gasteiger partial charge in [-0.3, -0.25) is 9.79 Å². The Morgan fingerprint density at radius 3 is 2.32 bits per heavy atom. The van der Waals surface area contributed by atoms with Crippen molar-refractivity contribution in [3.63, 3.8) is 0 Å². The number of nitrogens with zero attached hydrogens (tertiary/aromatic N) is 2. The number of hydrogen-bond acceptors (Lipinski definition) is 2. The van der Waals surface area contributed by atoms with E-state index < -0.39 is 18.8 Å². The summed E-state index contributed by atoms with van der Waals surface area (Å²) in [4.78, 5) is 16.7. The van der Waals surface area contributed by atoms with E-state index in [1.165, 1.54) is 6.07 Å². The van der Waals surface area contributed by atoms with Crippen molar-refractivity contribution >= 4 is 17.8 Å². The monoisotopic (exact) mass is 348 g/mol. The highest BCUT2D eigenvalue weighted by atomic mass is 19.4. The summed E-state index contributed by atoms with van der Waals surface area (Å²) in [5.74, 6) is -1.07. The van der Waals surface area contributed by atoms with Gasteiger partial charge in [0, 0.05) is 11.8 Å². The Bertz CT molecular complexity index is 783. The molecule has 0 spiro atoms. The van der Waals surface area contributed by atoms with Gasteiger partial charge in [0.1, 0.15) is 0 Å². The first-order valence-electron chi connectivity index (χ1n) is 7.76. The SMILES string of the molecule is CC=Nc1cc(C)c(C(=O)N(Cc2ccccc2)C(F)(F)F)cc1C. The van der Waals surface area contributed by atoms with E-state index in [2.05, 4.69) is 4.99 Å². The van der Waals surface area contributed by atoms with Crippen LogP contribution in [0.25, 0.3) is 0 Å². The molecule has 0 saturated heterocycles. The molecule has 132 valence electrons. The minimum absolute atomic E-state index is 0.0285. The molecule has 0 radical (unpaired) electrons. The van der Waals surface area contributed by atoms with Crippen molar-refractivity contribution in [2.24, 2.45) is 4.99 Å². The first-order valence-corrected chi connectivity index (χ1v) is 7.76. The molecule has 0 aliphatic rings. The minimum Gasteiger partial charge on any atom is -0.269 e. The predicted molar refractivity (Wildman–Crippen MR) is 92.1 cm³/mol. The molecule has 0 bridgehead atoms. The number of aryl methyl sites for hydroxylation is 2. The van der Waals surface area contributed by atoms with Crippen LogP contribution in [0, 0.1) is 13.8 Å². The third kappa shape index (κ3) is 4.47. The molecule has 2 aromatic carbocycles. The molecule has 0 aliphatic carbocycles. The van der Waals surface area contributed by atoms with Crippen molar-refractivity contribution in [3.8, 4) is 0 Å². The standard InChI is InChI=1S/C19H19F3N2O/c1-4-23-17-11-13(2)16(10-14(17)3)18(25)24(19(20,21)22)12-15-8-6-5-7-9-15/h4-11H,12H2,1-3H3. The number of hydrogen-bond donors (Lipinski definition) is 0. The molecule has 0 aromatic heterocycles. The molecular weight excluding hydrogens is 329 g/mol. The van der Waals surface area contributed by atoms with Crippen molar-refractivity contribution in [3.05, 3.63) is 64.7 Å². The smallest absolute Gasteiger partial charge is 0.269 e.